The molecule has 0 aliphatic carbocycles. The molecular weight excluding hydrogens is 214 g/mol. The van der Waals surface area contributed by atoms with Gasteiger partial charge in [-0.3, -0.25) is 4.98 Å². The summed E-state index contributed by atoms with van der Waals surface area (Å²) in [4.78, 5) is 4.27. The quantitative estimate of drug-likeness (QED) is 0.879. The zero-order valence-corrected chi connectivity index (χ0v) is 10.2. The van der Waals surface area contributed by atoms with Crippen molar-refractivity contribution in [1.29, 1.82) is 0 Å². The number of pyridine rings is 1. The molecule has 0 saturated carbocycles. The zero-order chi connectivity index (χ0) is 12.3. The second-order valence-corrected chi connectivity index (χ2v) is 4.56. The zero-order valence-electron chi connectivity index (χ0n) is 10.2. The van der Waals surface area contributed by atoms with Gasteiger partial charge in [-0.15, -0.1) is 0 Å². The number of hydrogen-bond donors (Lipinski definition) is 1. The van der Waals surface area contributed by atoms with Crippen LogP contribution in [-0.4, -0.2) is 16.7 Å². The highest BCUT2D eigenvalue weighted by Gasteiger charge is 2.01. The molecule has 0 saturated heterocycles. The van der Waals surface area contributed by atoms with Gasteiger partial charge in [0.2, 0.25) is 0 Å². The van der Waals surface area contributed by atoms with Crippen LogP contribution in [0.15, 0.2) is 30.5 Å². The second kappa shape index (κ2) is 5.15. The number of nitrogens with zero attached hydrogens (tertiary/aromatic N) is 1. The van der Waals surface area contributed by atoms with Gasteiger partial charge in [-0.25, -0.2) is 0 Å². The lowest BCUT2D eigenvalue weighted by molar-refractivity contribution is 0.271. The Labute approximate surface area is 101 Å². The van der Waals surface area contributed by atoms with Crippen molar-refractivity contribution in [2.75, 3.05) is 6.61 Å². The number of ether oxygens (including phenoxy) is 1. The van der Waals surface area contributed by atoms with Gasteiger partial charge in [0.1, 0.15) is 5.75 Å². The Hall–Kier alpha value is -1.61. The van der Waals surface area contributed by atoms with Crippen LogP contribution in [0.25, 0.3) is 10.9 Å². The standard InChI is InChI=1S/C14H17NO2/c1-10(2)9-17-13-3-4-14-12(6-13)5-11(8-16)7-15-14/h3-7,10,16H,8-9H2,1-2H3. The lowest BCUT2D eigenvalue weighted by Gasteiger charge is -2.09. The largest absolute Gasteiger partial charge is 0.493 e. The topological polar surface area (TPSA) is 42.4 Å². The van der Waals surface area contributed by atoms with Gasteiger partial charge in [-0.1, -0.05) is 13.8 Å². The lowest BCUT2D eigenvalue weighted by atomic mass is 10.1. The van der Waals surface area contributed by atoms with Crippen LogP contribution in [-0.2, 0) is 6.61 Å². The highest BCUT2D eigenvalue weighted by Crippen LogP contribution is 2.20. The summed E-state index contributed by atoms with van der Waals surface area (Å²) in [6.45, 7) is 4.96. The van der Waals surface area contributed by atoms with Crippen LogP contribution in [0.1, 0.15) is 19.4 Å². The van der Waals surface area contributed by atoms with Crippen LogP contribution in [0.4, 0.5) is 0 Å². The average Bonchev–Trinajstić information content (AvgIpc) is 2.35. The highest BCUT2D eigenvalue weighted by atomic mass is 16.5. The molecule has 0 aliphatic heterocycles. The molecule has 0 unspecified atom stereocenters. The van der Waals surface area contributed by atoms with E-state index < -0.39 is 0 Å². The molecule has 1 aromatic heterocycles. The Morgan fingerprint density at radius 3 is 2.82 bits per heavy atom. The van der Waals surface area contributed by atoms with Gasteiger partial charge in [-0.05, 0) is 35.7 Å². The smallest absolute Gasteiger partial charge is 0.120 e. The molecule has 17 heavy (non-hydrogen) atoms. The van der Waals surface area contributed by atoms with Crippen molar-refractivity contribution in [2.45, 2.75) is 20.5 Å². The number of fused-ring (bicyclic) bond motifs is 1. The van der Waals surface area contributed by atoms with Crippen molar-refractivity contribution < 1.29 is 9.84 Å². The summed E-state index contributed by atoms with van der Waals surface area (Å²) in [5, 5.41) is 10.1. The van der Waals surface area contributed by atoms with Gasteiger partial charge in [0.15, 0.2) is 0 Å². The SMILES string of the molecule is CC(C)COc1ccc2ncc(CO)cc2c1. The van der Waals surface area contributed by atoms with Crippen LogP contribution < -0.4 is 4.74 Å². The molecule has 90 valence electrons. The fourth-order valence-electron chi connectivity index (χ4n) is 1.59. The summed E-state index contributed by atoms with van der Waals surface area (Å²) in [6.07, 6.45) is 1.69. The van der Waals surface area contributed by atoms with Gasteiger partial charge >= 0.3 is 0 Å². The third-order valence-corrected chi connectivity index (χ3v) is 2.48. The molecule has 0 radical (unpaired) electrons. The van der Waals surface area contributed by atoms with Crippen LogP contribution in [0, 0.1) is 5.92 Å². The van der Waals surface area contributed by atoms with Crippen molar-refractivity contribution in [2.24, 2.45) is 5.92 Å². The van der Waals surface area contributed by atoms with Gasteiger partial charge < -0.3 is 9.84 Å². The second-order valence-electron chi connectivity index (χ2n) is 4.56. The average molecular weight is 231 g/mol. The molecule has 3 heteroatoms. The Morgan fingerprint density at radius 1 is 1.29 bits per heavy atom. The van der Waals surface area contributed by atoms with E-state index in [-0.39, 0.29) is 6.61 Å². The molecule has 0 spiro atoms. The van der Waals surface area contributed by atoms with E-state index in [0.717, 1.165) is 22.2 Å². The summed E-state index contributed by atoms with van der Waals surface area (Å²) in [5.74, 6) is 1.36. The van der Waals surface area contributed by atoms with E-state index in [9.17, 15) is 0 Å². The van der Waals surface area contributed by atoms with Crippen LogP contribution in [0.3, 0.4) is 0 Å². The van der Waals surface area contributed by atoms with Crippen molar-refractivity contribution >= 4 is 10.9 Å². The summed E-state index contributed by atoms with van der Waals surface area (Å²) < 4.78 is 5.66. The molecule has 0 atom stereocenters. The number of aliphatic hydroxyl groups is 1. The van der Waals surface area contributed by atoms with Gasteiger partial charge in [0.25, 0.3) is 0 Å². The third kappa shape index (κ3) is 2.94. The maximum atomic E-state index is 9.07. The third-order valence-electron chi connectivity index (χ3n) is 2.48. The molecule has 0 bridgehead atoms. The Kier molecular flexibility index (Phi) is 3.59. The number of aliphatic hydroxyl groups excluding tert-OH is 1. The van der Waals surface area contributed by atoms with Crippen LogP contribution in [0.5, 0.6) is 5.75 Å². The summed E-state index contributed by atoms with van der Waals surface area (Å²) in [5.41, 5.74) is 1.73. The molecule has 2 aromatic rings. The minimum atomic E-state index is 0.0139. The van der Waals surface area contributed by atoms with E-state index >= 15 is 0 Å². The van der Waals surface area contributed by atoms with Gasteiger partial charge in [-0.2, -0.15) is 0 Å². The van der Waals surface area contributed by atoms with E-state index in [1.54, 1.807) is 6.20 Å². The molecule has 1 heterocycles. The van der Waals surface area contributed by atoms with E-state index in [0.29, 0.717) is 12.5 Å². The molecule has 3 nitrogen and oxygen atoms in total. The first-order valence-corrected chi connectivity index (χ1v) is 5.81. The minimum absolute atomic E-state index is 0.0139. The number of hydrogen-bond acceptors (Lipinski definition) is 3. The summed E-state index contributed by atoms with van der Waals surface area (Å²) in [6, 6.07) is 7.76. The number of aromatic nitrogens is 1. The molecular formula is C14H17NO2. The first-order chi connectivity index (χ1) is 8.19. The van der Waals surface area contributed by atoms with E-state index in [1.165, 1.54) is 0 Å². The molecule has 0 aliphatic rings. The van der Waals surface area contributed by atoms with E-state index in [4.69, 9.17) is 9.84 Å². The van der Waals surface area contributed by atoms with Crippen LogP contribution >= 0.6 is 0 Å². The van der Waals surface area contributed by atoms with E-state index in [1.807, 2.05) is 24.3 Å². The molecule has 0 amide bonds. The van der Waals surface area contributed by atoms with Gasteiger partial charge in [0, 0.05) is 11.6 Å². The molecule has 0 fully saturated rings. The summed E-state index contributed by atoms with van der Waals surface area (Å²) >= 11 is 0. The van der Waals surface area contributed by atoms with Crippen molar-refractivity contribution in [3.63, 3.8) is 0 Å². The number of benzene rings is 1. The van der Waals surface area contributed by atoms with Crippen molar-refractivity contribution in [3.8, 4) is 5.75 Å². The van der Waals surface area contributed by atoms with Crippen molar-refractivity contribution in [1.82, 2.24) is 4.98 Å². The Morgan fingerprint density at radius 2 is 2.12 bits per heavy atom. The fourth-order valence-corrected chi connectivity index (χ4v) is 1.59. The lowest BCUT2D eigenvalue weighted by Crippen LogP contribution is -2.04. The maximum Gasteiger partial charge on any atom is 0.120 e. The molecule has 1 N–H and O–H groups in total. The monoisotopic (exact) mass is 231 g/mol. The Bertz CT molecular complexity index is 509. The first-order valence-electron chi connectivity index (χ1n) is 5.81. The maximum absolute atomic E-state index is 9.07. The molecule has 1 aromatic carbocycles. The fraction of sp³-hybridized carbons (Fsp3) is 0.357. The predicted molar refractivity (Wildman–Crippen MR) is 68.0 cm³/mol. The van der Waals surface area contributed by atoms with E-state index in [2.05, 4.69) is 18.8 Å². The predicted octanol–water partition coefficient (Wildman–Crippen LogP) is 2.76. The van der Waals surface area contributed by atoms with Gasteiger partial charge in [0.05, 0.1) is 18.7 Å². The Balaban J connectivity index is 2.28. The van der Waals surface area contributed by atoms with Crippen molar-refractivity contribution in [3.05, 3.63) is 36.0 Å². The number of rotatable bonds is 4. The molecule has 2 rings (SSSR count). The highest BCUT2D eigenvalue weighted by molar-refractivity contribution is 5.80. The van der Waals surface area contributed by atoms with Crippen LogP contribution in [0.2, 0.25) is 0 Å². The summed E-state index contributed by atoms with van der Waals surface area (Å²) in [7, 11) is 0. The normalized spacial score (nSPS) is 11.1. The minimum Gasteiger partial charge on any atom is -0.493 e. The first kappa shape index (κ1) is 11.9.